The molecule has 0 atom stereocenters. The van der Waals surface area contributed by atoms with Gasteiger partial charge in [-0.3, -0.25) is 4.72 Å². The van der Waals surface area contributed by atoms with Crippen molar-refractivity contribution in [2.45, 2.75) is 32.1 Å². The molecule has 1 aliphatic carbocycles. The summed E-state index contributed by atoms with van der Waals surface area (Å²) >= 11 is 0. The molecule has 0 unspecified atom stereocenters. The van der Waals surface area contributed by atoms with E-state index in [0.29, 0.717) is 18.0 Å². The molecular formula is C14H19N3O2S. The van der Waals surface area contributed by atoms with Gasteiger partial charge >= 0.3 is 0 Å². The number of aryl methyl sites for hydroxylation is 1. The van der Waals surface area contributed by atoms with Crippen LogP contribution in [0.15, 0.2) is 18.2 Å². The fourth-order valence-corrected chi connectivity index (χ4v) is 3.61. The highest BCUT2D eigenvalue weighted by atomic mass is 32.2. The first kappa shape index (κ1) is 13.4. The second-order valence-electron chi connectivity index (χ2n) is 5.43. The maximum atomic E-state index is 11.8. The van der Waals surface area contributed by atoms with E-state index in [1.54, 1.807) is 6.07 Å². The van der Waals surface area contributed by atoms with Gasteiger partial charge in [-0.2, -0.15) is 0 Å². The summed E-state index contributed by atoms with van der Waals surface area (Å²) in [5.74, 6) is 1.82. The summed E-state index contributed by atoms with van der Waals surface area (Å²) in [5, 5.41) is 0. The summed E-state index contributed by atoms with van der Waals surface area (Å²) in [6, 6.07) is 5.54. The van der Waals surface area contributed by atoms with Crippen LogP contribution in [0.4, 0.5) is 5.69 Å². The molecule has 1 N–H and O–H groups in total. The van der Waals surface area contributed by atoms with Crippen LogP contribution in [-0.2, 0) is 17.1 Å². The number of nitrogens with one attached hydrogen (secondary N) is 1. The molecule has 0 spiro atoms. The van der Waals surface area contributed by atoms with E-state index in [2.05, 4.69) is 14.3 Å². The minimum Gasteiger partial charge on any atom is -0.331 e. The molecule has 20 heavy (non-hydrogen) atoms. The van der Waals surface area contributed by atoms with Crippen molar-refractivity contribution in [3.05, 3.63) is 24.0 Å². The molecule has 2 aromatic rings. The van der Waals surface area contributed by atoms with Crippen LogP contribution in [0.1, 0.15) is 37.9 Å². The highest BCUT2D eigenvalue weighted by molar-refractivity contribution is 7.92. The molecule has 0 aliphatic heterocycles. The summed E-state index contributed by atoms with van der Waals surface area (Å²) in [5.41, 5.74) is 2.49. The normalized spacial score (nSPS) is 15.7. The first-order valence-corrected chi connectivity index (χ1v) is 8.62. The SMILES string of the molecule is CCCS(=O)(=O)Nc1ccc2c(c1)nc(C1CC1)n2C. The molecule has 0 saturated heterocycles. The van der Waals surface area contributed by atoms with Gasteiger partial charge in [0.15, 0.2) is 0 Å². The van der Waals surface area contributed by atoms with E-state index < -0.39 is 10.0 Å². The fraction of sp³-hybridized carbons (Fsp3) is 0.500. The van der Waals surface area contributed by atoms with Gasteiger partial charge < -0.3 is 4.57 Å². The molecule has 1 aliphatic rings. The van der Waals surface area contributed by atoms with Crippen LogP contribution in [0.25, 0.3) is 11.0 Å². The van der Waals surface area contributed by atoms with Gasteiger partial charge in [-0.05, 0) is 37.5 Å². The molecule has 1 heterocycles. The van der Waals surface area contributed by atoms with E-state index in [1.807, 2.05) is 26.1 Å². The molecule has 3 rings (SSSR count). The van der Waals surface area contributed by atoms with E-state index in [-0.39, 0.29) is 5.75 Å². The average molecular weight is 293 g/mol. The van der Waals surface area contributed by atoms with Crippen LogP contribution in [-0.4, -0.2) is 23.7 Å². The lowest BCUT2D eigenvalue weighted by Gasteiger charge is -2.06. The molecule has 0 bridgehead atoms. The number of hydrogen-bond acceptors (Lipinski definition) is 3. The van der Waals surface area contributed by atoms with Crippen molar-refractivity contribution in [2.24, 2.45) is 7.05 Å². The van der Waals surface area contributed by atoms with Crippen LogP contribution in [0, 0.1) is 0 Å². The van der Waals surface area contributed by atoms with Crippen LogP contribution < -0.4 is 4.72 Å². The van der Waals surface area contributed by atoms with Gasteiger partial charge in [-0.1, -0.05) is 6.92 Å². The lowest BCUT2D eigenvalue weighted by Crippen LogP contribution is -2.15. The lowest BCUT2D eigenvalue weighted by molar-refractivity contribution is 0.600. The summed E-state index contributed by atoms with van der Waals surface area (Å²) < 4.78 is 28.3. The Bertz CT molecular complexity index is 745. The van der Waals surface area contributed by atoms with Gasteiger partial charge in [-0.25, -0.2) is 13.4 Å². The standard InChI is InChI=1S/C14H19N3O2S/c1-3-8-20(18,19)16-11-6-7-13-12(9-11)15-14(17(13)2)10-4-5-10/h6-7,9-10,16H,3-5,8H2,1-2H3. The quantitative estimate of drug-likeness (QED) is 0.921. The van der Waals surface area contributed by atoms with Crippen LogP contribution >= 0.6 is 0 Å². The van der Waals surface area contributed by atoms with Crippen molar-refractivity contribution in [2.75, 3.05) is 10.5 Å². The predicted octanol–water partition coefficient (Wildman–Crippen LogP) is 2.60. The number of hydrogen-bond donors (Lipinski definition) is 1. The topological polar surface area (TPSA) is 64.0 Å². The molecule has 1 aromatic carbocycles. The number of imidazole rings is 1. The Morgan fingerprint density at radius 3 is 2.80 bits per heavy atom. The van der Waals surface area contributed by atoms with Crippen molar-refractivity contribution in [1.82, 2.24) is 9.55 Å². The number of fused-ring (bicyclic) bond motifs is 1. The summed E-state index contributed by atoms with van der Waals surface area (Å²) in [6.07, 6.45) is 3.01. The van der Waals surface area contributed by atoms with E-state index in [9.17, 15) is 8.42 Å². The van der Waals surface area contributed by atoms with Crippen molar-refractivity contribution >= 4 is 26.7 Å². The van der Waals surface area contributed by atoms with Gasteiger partial charge in [0.25, 0.3) is 0 Å². The Morgan fingerprint density at radius 2 is 2.15 bits per heavy atom. The largest absolute Gasteiger partial charge is 0.331 e. The third-order valence-corrected chi connectivity index (χ3v) is 5.10. The third kappa shape index (κ3) is 2.52. The van der Waals surface area contributed by atoms with E-state index in [0.717, 1.165) is 16.9 Å². The monoisotopic (exact) mass is 293 g/mol. The van der Waals surface area contributed by atoms with E-state index in [4.69, 9.17) is 0 Å². The second-order valence-corrected chi connectivity index (χ2v) is 7.27. The number of rotatable bonds is 5. The molecule has 1 aromatic heterocycles. The van der Waals surface area contributed by atoms with E-state index >= 15 is 0 Å². The zero-order valence-electron chi connectivity index (χ0n) is 11.8. The predicted molar refractivity (Wildman–Crippen MR) is 80.4 cm³/mol. The van der Waals surface area contributed by atoms with Crippen LogP contribution in [0.2, 0.25) is 0 Å². The van der Waals surface area contributed by atoms with Gasteiger partial charge in [0, 0.05) is 13.0 Å². The summed E-state index contributed by atoms with van der Waals surface area (Å²) in [7, 11) is -1.23. The molecule has 5 nitrogen and oxygen atoms in total. The Labute approximate surface area is 119 Å². The second kappa shape index (κ2) is 4.77. The Morgan fingerprint density at radius 1 is 1.40 bits per heavy atom. The minimum atomic E-state index is -3.25. The van der Waals surface area contributed by atoms with Gasteiger partial charge in [-0.15, -0.1) is 0 Å². The van der Waals surface area contributed by atoms with Crippen molar-refractivity contribution in [1.29, 1.82) is 0 Å². The van der Waals surface area contributed by atoms with E-state index in [1.165, 1.54) is 12.8 Å². The number of anilines is 1. The highest BCUT2D eigenvalue weighted by Gasteiger charge is 2.28. The van der Waals surface area contributed by atoms with Crippen LogP contribution in [0.3, 0.4) is 0 Å². The van der Waals surface area contributed by atoms with Crippen LogP contribution in [0.5, 0.6) is 0 Å². The molecule has 0 amide bonds. The van der Waals surface area contributed by atoms with Crippen molar-refractivity contribution in [3.63, 3.8) is 0 Å². The number of aromatic nitrogens is 2. The smallest absolute Gasteiger partial charge is 0.232 e. The molecule has 108 valence electrons. The number of nitrogens with zero attached hydrogens (tertiary/aromatic N) is 2. The molecular weight excluding hydrogens is 274 g/mol. The number of benzene rings is 1. The highest BCUT2D eigenvalue weighted by Crippen LogP contribution is 2.40. The van der Waals surface area contributed by atoms with Gasteiger partial charge in [0.2, 0.25) is 10.0 Å². The Kier molecular flexibility index (Phi) is 3.20. The number of sulfonamides is 1. The van der Waals surface area contributed by atoms with Gasteiger partial charge in [0.1, 0.15) is 5.82 Å². The van der Waals surface area contributed by atoms with Crippen molar-refractivity contribution < 1.29 is 8.42 Å². The molecule has 1 fully saturated rings. The van der Waals surface area contributed by atoms with Crippen molar-refractivity contribution in [3.8, 4) is 0 Å². The molecule has 1 saturated carbocycles. The van der Waals surface area contributed by atoms with Gasteiger partial charge in [0.05, 0.1) is 22.5 Å². The third-order valence-electron chi connectivity index (χ3n) is 3.60. The maximum Gasteiger partial charge on any atom is 0.232 e. The summed E-state index contributed by atoms with van der Waals surface area (Å²) in [6.45, 7) is 1.85. The zero-order valence-corrected chi connectivity index (χ0v) is 12.6. The Hall–Kier alpha value is -1.56. The summed E-state index contributed by atoms with van der Waals surface area (Å²) in [4.78, 5) is 4.64. The minimum absolute atomic E-state index is 0.139. The Balaban J connectivity index is 1.94. The lowest BCUT2D eigenvalue weighted by atomic mass is 10.3. The average Bonchev–Trinajstić information content (AvgIpc) is 3.15. The fourth-order valence-electron chi connectivity index (χ4n) is 2.49. The zero-order chi connectivity index (χ0) is 14.3. The maximum absolute atomic E-state index is 11.8. The molecule has 0 radical (unpaired) electrons. The first-order valence-electron chi connectivity index (χ1n) is 6.97. The first-order chi connectivity index (χ1) is 9.50. The molecule has 6 heteroatoms.